The van der Waals surface area contributed by atoms with Gasteiger partial charge in [0.1, 0.15) is 0 Å². The van der Waals surface area contributed by atoms with Gasteiger partial charge in [0.2, 0.25) is 5.91 Å². The van der Waals surface area contributed by atoms with Crippen LogP contribution in [0.2, 0.25) is 0 Å². The zero-order chi connectivity index (χ0) is 19.4. The molecule has 27 heavy (non-hydrogen) atoms. The highest BCUT2D eigenvalue weighted by atomic mass is 16.2. The summed E-state index contributed by atoms with van der Waals surface area (Å²) >= 11 is 0. The zero-order valence-corrected chi connectivity index (χ0v) is 16.8. The molecule has 1 aromatic rings. The number of nitrogens with zero attached hydrogens (tertiary/aromatic N) is 4. The second-order valence-corrected chi connectivity index (χ2v) is 8.13. The Morgan fingerprint density at radius 2 is 1.78 bits per heavy atom. The van der Waals surface area contributed by atoms with Crippen molar-refractivity contribution >= 4 is 11.8 Å². The van der Waals surface area contributed by atoms with Gasteiger partial charge in [-0.1, -0.05) is 13.3 Å². The molecule has 0 unspecified atom stereocenters. The summed E-state index contributed by atoms with van der Waals surface area (Å²) in [7, 11) is 4.23. The summed E-state index contributed by atoms with van der Waals surface area (Å²) in [5.74, 6) is 0.952. The first-order valence-electron chi connectivity index (χ1n) is 10.2. The Hall–Kier alpha value is -1.95. The van der Waals surface area contributed by atoms with Gasteiger partial charge in [-0.25, -0.2) is 0 Å². The van der Waals surface area contributed by atoms with E-state index in [4.69, 9.17) is 0 Å². The van der Waals surface area contributed by atoms with E-state index in [1.807, 2.05) is 4.90 Å². The molecule has 0 aromatic carbocycles. The summed E-state index contributed by atoms with van der Waals surface area (Å²) in [5.41, 5.74) is 0.672. The molecule has 2 aliphatic heterocycles. The summed E-state index contributed by atoms with van der Waals surface area (Å²) in [6.07, 6.45) is 7.14. The second kappa shape index (κ2) is 8.83. The molecular formula is C21H32N4O2. The van der Waals surface area contributed by atoms with Crippen molar-refractivity contribution in [3.8, 4) is 0 Å². The minimum Gasteiger partial charge on any atom is -0.341 e. The molecule has 0 spiro atoms. The zero-order valence-electron chi connectivity index (χ0n) is 16.8. The normalized spacial score (nSPS) is 23.9. The maximum absolute atomic E-state index is 13.1. The summed E-state index contributed by atoms with van der Waals surface area (Å²) in [4.78, 5) is 35.8. The van der Waals surface area contributed by atoms with Crippen LogP contribution in [-0.4, -0.2) is 77.8 Å². The molecule has 2 saturated heterocycles. The molecule has 3 heterocycles. The Morgan fingerprint density at radius 1 is 1.11 bits per heavy atom. The SMILES string of the molecule is CCC[C@@H]1CN(C(=O)C2CCN(C(=O)c3ccncc3)CC2)C[C@H]1N(C)C. The van der Waals surface area contributed by atoms with Crippen LogP contribution in [-0.2, 0) is 4.79 Å². The maximum Gasteiger partial charge on any atom is 0.253 e. The third-order valence-electron chi connectivity index (χ3n) is 6.10. The quantitative estimate of drug-likeness (QED) is 0.794. The molecule has 0 aliphatic carbocycles. The van der Waals surface area contributed by atoms with Gasteiger partial charge in [-0.05, 0) is 51.4 Å². The van der Waals surface area contributed by atoms with Crippen molar-refractivity contribution in [3.63, 3.8) is 0 Å². The molecule has 148 valence electrons. The Morgan fingerprint density at radius 3 is 2.37 bits per heavy atom. The van der Waals surface area contributed by atoms with Gasteiger partial charge in [-0.15, -0.1) is 0 Å². The third kappa shape index (κ3) is 4.49. The number of carbonyl (C=O) groups excluding carboxylic acids is 2. The molecule has 2 atom stereocenters. The first-order valence-corrected chi connectivity index (χ1v) is 10.2. The molecule has 0 N–H and O–H groups in total. The molecular weight excluding hydrogens is 340 g/mol. The van der Waals surface area contributed by atoms with Gasteiger partial charge in [0, 0.05) is 56.1 Å². The van der Waals surface area contributed by atoms with E-state index in [9.17, 15) is 9.59 Å². The van der Waals surface area contributed by atoms with Crippen molar-refractivity contribution in [2.24, 2.45) is 11.8 Å². The topological polar surface area (TPSA) is 56.8 Å². The lowest BCUT2D eigenvalue weighted by atomic mass is 9.95. The van der Waals surface area contributed by atoms with Crippen LogP contribution < -0.4 is 0 Å². The molecule has 0 saturated carbocycles. The number of likely N-dealkylation sites (N-methyl/N-ethyl adjacent to an activating group) is 1. The van der Waals surface area contributed by atoms with Crippen molar-refractivity contribution in [1.29, 1.82) is 0 Å². The van der Waals surface area contributed by atoms with Gasteiger partial charge in [0.15, 0.2) is 0 Å². The lowest BCUT2D eigenvalue weighted by Crippen LogP contribution is -2.44. The number of piperidine rings is 1. The van der Waals surface area contributed by atoms with Gasteiger partial charge >= 0.3 is 0 Å². The van der Waals surface area contributed by atoms with E-state index < -0.39 is 0 Å². The molecule has 0 bridgehead atoms. The first kappa shape index (κ1) is 19.8. The van der Waals surface area contributed by atoms with Crippen LogP contribution in [0.4, 0.5) is 0 Å². The Kier molecular flexibility index (Phi) is 6.47. The highest BCUT2D eigenvalue weighted by molar-refractivity contribution is 5.94. The molecule has 2 fully saturated rings. The first-order chi connectivity index (χ1) is 13.0. The van der Waals surface area contributed by atoms with Gasteiger partial charge in [0.05, 0.1) is 0 Å². The Balaban J connectivity index is 1.55. The highest BCUT2D eigenvalue weighted by Crippen LogP contribution is 2.28. The monoisotopic (exact) mass is 372 g/mol. The molecule has 6 heteroatoms. The fourth-order valence-corrected chi connectivity index (χ4v) is 4.54. The Labute approximate surface area is 162 Å². The standard InChI is InChI=1S/C21H32N4O2/c1-4-5-18-14-25(15-19(18)23(2)3)21(27)17-8-12-24(13-9-17)20(26)16-6-10-22-11-7-16/h6-7,10-11,17-19H,4-5,8-9,12-15H2,1-3H3/t18-,19-/m1/s1. The number of carbonyl (C=O) groups is 2. The minimum absolute atomic E-state index is 0.0418. The number of hydrogen-bond donors (Lipinski definition) is 0. The molecule has 1 aromatic heterocycles. The van der Waals surface area contributed by atoms with E-state index in [1.165, 1.54) is 6.42 Å². The van der Waals surface area contributed by atoms with Gasteiger partial charge in [-0.2, -0.15) is 0 Å². The van der Waals surface area contributed by atoms with E-state index in [1.54, 1.807) is 24.5 Å². The van der Waals surface area contributed by atoms with Crippen LogP contribution in [0.15, 0.2) is 24.5 Å². The van der Waals surface area contributed by atoms with Gasteiger partial charge < -0.3 is 14.7 Å². The third-order valence-corrected chi connectivity index (χ3v) is 6.10. The lowest BCUT2D eigenvalue weighted by Gasteiger charge is -2.33. The smallest absolute Gasteiger partial charge is 0.253 e. The number of likely N-dealkylation sites (tertiary alicyclic amines) is 2. The number of hydrogen-bond acceptors (Lipinski definition) is 4. The van der Waals surface area contributed by atoms with E-state index in [-0.39, 0.29) is 17.7 Å². The summed E-state index contributed by atoms with van der Waals surface area (Å²) in [5, 5.41) is 0. The van der Waals surface area contributed by atoms with Crippen LogP contribution in [0.1, 0.15) is 43.0 Å². The van der Waals surface area contributed by atoms with Gasteiger partial charge in [0.25, 0.3) is 5.91 Å². The molecule has 2 aliphatic rings. The van der Waals surface area contributed by atoms with E-state index >= 15 is 0 Å². The van der Waals surface area contributed by atoms with Crippen molar-refractivity contribution in [1.82, 2.24) is 19.7 Å². The number of pyridine rings is 1. The number of aromatic nitrogens is 1. The molecule has 3 rings (SSSR count). The maximum atomic E-state index is 13.1. The predicted molar refractivity (Wildman–Crippen MR) is 105 cm³/mol. The average molecular weight is 373 g/mol. The van der Waals surface area contributed by atoms with E-state index in [0.717, 1.165) is 32.4 Å². The van der Waals surface area contributed by atoms with Crippen LogP contribution >= 0.6 is 0 Å². The number of amides is 2. The summed E-state index contributed by atoms with van der Waals surface area (Å²) in [6, 6.07) is 3.96. The Bertz CT molecular complexity index is 641. The van der Waals surface area contributed by atoms with Crippen molar-refractivity contribution in [2.75, 3.05) is 40.3 Å². The van der Waals surface area contributed by atoms with Crippen molar-refractivity contribution < 1.29 is 9.59 Å². The van der Waals surface area contributed by atoms with E-state index in [0.29, 0.717) is 30.6 Å². The second-order valence-electron chi connectivity index (χ2n) is 8.13. The van der Waals surface area contributed by atoms with Crippen LogP contribution in [0.3, 0.4) is 0 Å². The van der Waals surface area contributed by atoms with Gasteiger partial charge in [-0.3, -0.25) is 14.6 Å². The molecule has 0 radical (unpaired) electrons. The van der Waals surface area contributed by atoms with Crippen LogP contribution in [0.25, 0.3) is 0 Å². The van der Waals surface area contributed by atoms with Crippen LogP contribution in [0, 0.1) is 11.8 Å². The fourth-order valence-electron chi connectivity index (χ4n) is 4.54. The van der Waals surface area contributed by atoms with Crippen molar-refractivity contribution in [2.45, 2.75) is 38.6 Å². The minimum atomic E-state index is 0.0418. The predicted octanol–water partition coefficient (Wildman–Crippen LogP) is 2.12. The largest absolute Gasteiger partial charge is 0.341 e. The highest BCUT2D eigenvalue weighted by Gasteiger charge is 2.39. The molecule has 2 amide bonds. The number of rotatable bonds is 5. The van der Waals surface area contributed by atoms with E-state index in [2.05, 4.69) is 35.8 Å². The fraction of sp³-hybridized carbons (Fsp3) is 0.667. The van der Waals surface area contributed by atoms with Crippen molar-refractivity contribution in [3.05, 3.63) is 30.1 Å². The van der Waals surface area contributed by atoms with Crippen LogP contribution in [0.5, 0.6) is 0 Å². The summed E-state index contributed by atoms with van der Waals surface area (Å²) < 4.78 is 0. The molecule has 6 nitrogen and oxygen atoms in total. The average Bonchev–Trinajstić information content (AvgIpc) is 3.12. The summed E-state index contributed by atoms with van der Waals surface area (Å²) in [6.45, 7) is 5.24. The lowest BCUT2D eigenvalue weighted by molar-refractivity contribution is -0.136.